The number of halogens is 2. The second-order valence-electron chi connectivity index (χ2n) is 10.8. The molecule has 3 rings (SSSR count). The van der Waals surface area contributed by atoms with Gasteiger partial charge in [0.1, 0.15) is 23.7 Å². The van der Waals surface area contributed by atoms with Crippen LogP contribution in [0.2, 0.25) is 0 Å². The van der Waals surface area contributed by atoms with Crippen molar-refractivity contribution in [3.05, 3.63) is 24.3 Å². The number of benzene rings is 1. The summed E-state index contributed by atoms with van der Waals surface area (Å²) >= 11 is 0. The Labute approximate surface area is 225 Å². The number of hydrogen-bond donors (Lipinski definition) is 0. The van der Waals surface area contributed by atoms with Gasteiger partial charge in [-0.2, -0.15) is 0 Å². The molecule has 2 fully saturated rings. The minimum Gasteiger partial charge on any atom is -0.493 e. The summed E-state index contributed by atoms with van der Waals surface area (Å²) in [6.07, 6.45) is 4.78. The molecule has 0 unspecified atom stereocenters. The van der Waals surface area contributed by atoms with Crippen LogP contribution in [0.3, 0.4) is 0 Å². The molecule has 0 amide bonds. The van der Waals surface area contributed by atoms with E-state index >= 15 is 0 Å². The van der Waals surface area contributed by atoms with Crippen LogP contribution in [0.5, 0.6) is 11.5 Å². The van der Waals surface area contributed by atoms with Gasteiger partial charge in [-0.25, -0.2) is 18.4 Å². The van der Waals surface area contributed by atoms with Crippen LogP contribution in [0.15, 0.2) is 24.3 Å². The van der Waals surface area contributed by atoms with E-state index in [1.165, 1.54) is 0 Å². The standard InChI is InChI=1S/C30H44F2O6/c1-3-5-27(31)29(33)37-25-11-7-21(8-12-25)19-35-23-15-17-24(18-16-23)36-20-22-9-13-26(14-10-22)38-30(34)28(32)6-4-2/h15-18,21-22,25-28H,3-14,19-20H2,1-2H3/t21-,22-,25-,26-,27-,28-/m1/s1. The lowest BCUT2D eigenvalue weighted by Crippen LogP contribution is -2.30. The lowest BCUT2D eigenvalue weighted by Gasteiger charge is -2.29. The molecule has 2 aliphatic carbocycles. The number of carbonyl (C=O) groups excluding carboxylic acids is 2. The van der Waals surface area contributed by atoms with Gasteiger partial charge in [0.2, 0.25) is 0 Å². The Morgan fingerprint density at radius 3 is 1.34 bits per heavy atom. The molecule has 0 radical (unpaired) electrons. The van der Waals surface area contributed by atoms with Gasteiger partial charge in [0.15, 0.2) is 12.3 Å². The first-order valence-electron chi connectivity index (χ1n) is 14.4. The van der Waals surface area contributed by atoms with E-state index in [-0.39, 0.29) is 25.0 Å². The van der Waals surface area contributed by atoms with Crippen molar-refractivity contribution in [1.29, 1.82) is 0 Å². The highest BCUT2D eigenvalue weighted by Crippen LogP contribution is 2.30. The molecule has 6 nitrogen and oxygen atoms in total. The zero-order valence-corrected chi connectivity index (χ0v) is 22.9. The predicted molar refractivity (Wildman–Crippen MR) is 141 cm³/mol. The number of rotatable bonds is 14. The number of alkyl halides is 2. The molecule has 0 spiro atoms. The summed E-state index contributed by atoms with van der Waals surface area (Å²) in [7, 11) is 0. The van der Waals surface area contributed by atoms with Gasteiger partial charge >= 0.3 is 11.9 Å². The van der Waals surface area contributed by atoms with Crippen LogP contribution in [0.4, 0.5) is 8.78 Å². The van der Waals surface area contributed by atoms with Crippen molar-refractivity contribution in [2.75, 3.05) is 13.2 Å². The molecule has 0 aromatic heterocycles. The van der Waals surface area contributed by atoms with Crippen LogP contribution in [0.25, 0.3) is 0 Å². The lowest BCUT2D eigenvalue weighted by atomic mass is 9.88. The molecule has 1 aromatic rings. The molecule has 38 heavy (non-hydrogen) atoms. The number of ether oxygens (including phenoxy) is 4. The first kappa shape index (κ1) is 30.2. The van der Waals surface area contributed by atoms with Gasteiger partial charge < -0.3 is 18.9 Å². The molecular formula is C30H44F2O6. The van der Waals surface area contributed by atoms with Crippen LogP contribution in [0, 0.1) is 11.8 Å². The van der Waals surface area contributed by atoms with Crippen molar-refractivity contribution in [2.24, 2.45) is 11.8 Å². The fraction of sp³-hybridized carbons (Fsp3) is 0.733. The summed E-state index contributed by atoms with van der Waals surface area (Å²) < 4.78 is 49.9. The smallest absolute Gasteiger partial charge is 0.340 e. The molecule has 2 saturated carbocycles. The zero-order chi connectivity index (χ0) is 27.3. The van der Waals surface area contributed by atoms with Gasteiger partial charge in [0.05, 0.1) is 13.2 Å². The predicted octanol–water partition coefficient (Wildman–Crippen LogP) is 6.92. The fourth-order valence-electron chi connectivity index (χ4n) is 5.11. The van der Waals surface area contributed by atoms with Crippen LogP contribution in [0.1, 0.15) is 90.9 Å². The average Bonchev–Trinajstić information content (AvgIpc) is 2.93. The Balaban J connectivity index is 1.28. The third-order valence-corrected chi connectivity index (χ3v) is 7.54. The lowest BCUT2D eigenvalue weighted by molar-refractivity contribution is -0.158. The third kappa shape index (κ3) is 10.1. The largest absolute Gasteiger partial charge is 0.493 e. The van der Waals surface area contributed by atoms with Crippen LogP contribution in [-0.2, 0) is 19.1 Å². The molecule has 0 heterocycles. The van der Waals surface area contributed by atoms with Crippen LogP contribution >= 0.6 is 0 Å². The van der Waals surface area contributed by atoms with Crippen LogP contribution < -0.4 is 9.47 Å². The molecule has 0 aliphatic heterocycles. The van der Waals surface area contributed by atoms with Crippen LogP contribution in [-0.4, -0.2) is 49.7 Å². The van der Waals surface area contributed by atoms with E-state index in [4.69, 9.17) is 18.9 Å². The Kier molecular flexibility index (Phi) is 12.6. The molecule has 0 bridgehead atoms. The van der Waals surface area contributed by atoms with E-state index in [1.807, 2.05) is 38.1 Å². The summed E-state index contributed by atoms with van der Waals surface area (Å²) in [4.78, 5) is 23.6. The van der Waals surface area contributed by atoms with Crippen molar-refractivity contribution >= 4 is 11.9 Å². The monoisotopic (exact) mass is 538 g/mol. The summed E-state index contributed by atoms with van der Waals surface area (Å²) in [5.74, 6) is 0.885. The van der Waals surface area contributed by atoms with Gasteiger partial charge in [0.25, 0.3) is 0 Å². The Hall–Kier alpha value is -2.38. The number of hydrogen-bond acceptors (Lipinski definition) is 6. The summed E-state index contributed by atoms with van der Waals surface area (Å²) in [6, 6.07) is 7.60. The van der Waals surface area contributed by atoms with Gasteiger partial charge in [-0.05, 0) is 100 Å². The number of esters is 2. The molecule has 0 saturated heterocycles. The van der Waals surface area contributed by atoms with Crippen molar-refractivity contribution in [3.8, 4) is 11.5 Å². The molecule has 0 N–H and O–H groups in total. The second-order valence-corrected chi connectivity index (χ2v) is 10.8. The van der Waals surface area contributed by atoms with Gasteiger partial charge in [-0.1, -0.05) is 26.7 Å². The van der Waals surface area contributed by atoms with Gasteiger partial charge in [-0.15, -0.1) is 0 Å². The van der Waals surface area contributed by atoms with Gasteiger partial charge in [0, 0.05) is 0 Å². The molecule has 2 atom stereocenters. The maximum absolute atomic E-state index is 13.7. The maximum Gasteiger partial charge on any atom is 0.340 e. The summed E-state index contributed by atoms with van der Waals surface area (Å²) in [5, 5.41) is 0. The Bertz CT molecular complexity index is 763. The van der Waals surface area contributed by atoms with E-state index in [2.05, 4.69) is 0 Å². The molecule has 2 aliphatic rings. The molecule has 214 valence electrons. The second kappa shape index (κ2) is 15.9. The minimum atomic E-state index is -1.51. The fourth-order valence-corrected chi connectivity index (χ4v) is 5.11. The van der Waals surface area contributed by atoms with Crippen molar-refractivity contribution in [2.45, 2.75) is 115 Å². The quantitative estimate of drug-likeness (QED) is 0.239. The van der Waals surface area contributed by atoms with E-state index in [1.54, 1.807) is 0 Å². The minimum absolute atomic E-state index is 0.191. The summed E-state index contributed by atoms with van der Waals surface area (Å²) in [6.45, 7) is 4.89. The Morgan fingerprint density at radius 2 is 1.03 bits per heavy atom. The first-order chi connectivity index (χ1) is 18.4. The maximum atomic E-state index is 13.7. The normalized spacial score (nSPS) is 25.2. The van der Waals surface area contributed by atoms with E-state index < -0.39 is 24.3 Å². The molecule has 1 aromatic carbocycles. The van der Waals surface area contributed by atoms with Gasteiger partial charge in [-0.3, -0.25) is 0 Å². The number of carbonyl (C=O) groups is 2. The topological polar surface area (TPSA) is 71.1 Å². The molecule has 8 heteroatoms. The third-order valence-electron chi connectivity index (χ3n) is 7.54. The highest BCUT2D eigenvalue weighted by atomic mass is 19.1. The highest BCUT2D eigenvalue weighted by Gasteiger charge is 2.28. The SMILES string of the molecule is CCC[C@@H](F)C(=O)O[C@H]1CC[C@H](COc2ccc(OC[C@H]3CC[C@H](OC(=O)[C@H](F)CCC)CC3)cc2)CC1. The van der Waals surface area contributed by atoms with E-state index in [0.717, 1.165) is 62.9 Å². The van der Waals surface area contributed by atoms with Crippen molar-refractivity contribution in [1.82, 2.24) is 0 Å². The zero-order valence-electron chi connectivity index (χ0n) is 22.9. The average molecular weight is 539 g/mol. The highest BCUT2D eigenvalue weighted by molar-refractivity contribution is 5.75. The summed E-state index contributed by atoms with van der Waals surface area (Å²) in [5.41, 5.74) is 0. The first-order valence-corrected chi connectivity index (χ1v) is 14.4. The Morgan fingerprint density at radius 1 is 0.684 bits per heavy atom. The van der Waals surface area contributed by atoms with Crippen molar-refractivity contribution < 1.29 is 37.3 Å². The molecular weight excluding hydrogens is 494 g/mol. The van der Waals surface area contributed by atoms with E-state index in [0.29, 0.717) is 37.9 Å². The van der Waals surface area contributed by atoms with Crippen molar-refractivity contribution in [3.63, 3.8) is 0 Å². The van der Waals surface area contributed by atoms with E-state index in [9.17, 15) is 18.4 Å².